The highest BCUT2D eigenvalue weighted by Crippen LogP contribution is 2.48. The van der Waals surface area contributed by atoms with E-state index in [9.17, 15) is 13.2 Å². The van der Waals surface area contributed by atoms with Crippen molar-refractivity contribution in [3.05, 3.63) is 41.7 Å². The molecule has 0 atom stereocenters. The van der Waals surface area contributed by atoms with Crippen molar-refractivity contribution in [1.82, 2.24) is 15.3 Å². The first-order chi connectivity index (χ1) is 16.3. The molecule has 0 bridgehead atoms. The normalized spacial score (nSPS) is 20.4. The summed E-state index contributed by atoms with van der Waals surface area (Å²) in [5.74, 6) is 0. The molecule has 2 aliphatic heterocycles. The van der Waals surface area contributed by atoms with Crippen LogP contribution >= 0.6 is 12.2 Å². The van der Waals surface area contributed by atoms with Crippen LogP contribution in [0.25, 0.3) is 0 Å². The second kappa shape index (κ2) is 8.65. The quantitative estimate of drug-likeness (QED) is 0.641. The zero-order valence-electron chi connectivity index (χ0n) is 18.0. The number of piperidine rings is 1. The van der Waals surface area contributed by atoms with Crippen molar-refractivity contribution in [2.75, 3.05) is 23.1 Å². The minimum atomic E-state index is -4.69. The minimum Gasteiger partial charge on any atom is -0.460 e. The first-order valence-corrected chi connectivity index (χ1v) is 11.4. The van der Waals surface area contributed by atoms with Gasteiger partial charge in [-0.3, -0.25) is 4.90 Å². The third-order valence-corrected chi connectivity index (χ3v) is 6.61. The lowest BCUT2D eigenvalue weighted by Gasteiger charge is -2.42. The topological polar surface area (TPSA) is 86.5 Å². The molecule has 3 aliphatic rings. The fraction of sp³-hybridized carbons (Fsp3) is 0.455. The molecule has 1 spiro atoms. The van der Waals surface area contributed by atoms with Gasteiger partial charge >= 0.3 is 12.2 Å². The lowest BCUT2D eigenvalue weighted by Crippen LogP contribution is -2.51. The Kier molecular flexibility index (Phi) is 5.79. The predicted octanol–water partition coefficient (Wildman–Crippen LogP) is 3.92. The largest absolute Gasteiger partial charge is 0.460 e. The fourth-order valence-electron chi connectivity index (χ4n) is 4.36. The van der Waals surface area contributed by atoms with E-state index < -0.39 is 23.0 Å². The maximum Gasteiger partial charge on any atom is 0.417 e. The van der Waals surface area contributed by atoms with Crippen molar-refractivity contribution in [3.63, 3.8) is 0 Å². The summed E-state index contributed by atoms with van der Waals surface area (Å²) in [4.78, 5) is 16.5. The van der Waals surface area contributed by atoms with Crippen LogP contribution in [0.1, 0.15) is 43.2 Å². The van der Waals surface area contributed by atoms with Crippen molar-refractivity contribution in [1.29, 1.82) is 5.26 Å². The molecule has 3 fully saturated rings. The van der Waals surface area contributed by atoms with Crippen LogP contribution in [0.4, 0.5) is 24.5 Å². The van der Waals surface area contributed by atoms with Crippen LogP contribution in [0.15, 0.2) is 30.6 Å². The van der Waals surface area contributed by atoms with Crippen LogP contribution in [0.5, 0.6) is 6.01 Å². The third-order valence-electron chi connectivity index (χ3n) is 6.26. The number of hydrogen-bond donors (Lipinski definition) is 1. The van der Waals surface area contributed by atoms with E-state index in [0.29, 0.717) is 18.5 Å². The molecule has 1 aromatic carbocycles. The molecular weight excluding hydrogens is 469 g/mol. The van der Waals surface area contributed by atoms with E-state index in [1.54, 1.807) is 23.4 Å². The molecule has 3 heterocycles. The Balaban J connectivity index is 1.41. The van der Waals surface area contributed by atoms with E-state index in [0.717, 1.165) is 44.5 Å². The molecule has 34 heavy (non-hydrogen) atoms. The Morgan fingerprint density at radius 2 is 1.88 bits per heavy atom. The molecular formula is C22H21F3N6O2S. The zero-order chi connectivity index (χ0) is 23.9. The van der Waals surface area contributed by atoms with E-state index in [-0.39, 0.29) is 22.9 Å². The number of hydrogen-bond acceptors (Lipinski definition) is 7. The van der Waals surface area contributed by atoms with Gasteiger partial charge in [-0.2, -0.15) is 23.5 Å². The summed E-state index contributed by atoms with van der Waals surface area (Å²) in [5.41, 5.74) is -1.66. The van der Waals surface area contributed by atoms with Crippen LogP contribution in [-0.4, -0.2) is 40.0 Å². The van der Waals surface area contributed by atoms with Gasteiger partial charge in [-0.15, -0.1) is 0 Å². The molecule has 0 unspecified atom stereocenters. The number of nitriles is 1. The van der Waals surface area contributed by atoms with Gasteiger partial charge < -0.3 is 10.1 Å². The van der Waals surface area contributed by atoms with Crippen molar-refractivity contribution < 1.29 is 22.7 Å². The number of ether oxygens (including phenoxy) is 1. The van der Waals surface area contributed by atoms with Crippen molar-refractivity contribution in [2.24, 2.45) is 0 Å². The van der Waals surface area contributed by atoms with Crippen molar-refractivity contribution >= 4 is 28.7 Å². The summed E-state index contributed by atoms with van der Waals surface area (Å²) >= 11 is 5.62. The van der Waals surface area contributed by atoms with Gasteiger partial charge in [0.25, 0.3) is 0 Å². The summed E-state index contributed by atoms with van der Waals surface area (Å²) in [6.45, 7) is 1.76. The lowest BCUT2D eigenvalue weighted by atomic mass is 9.87. The molecule has 2 aromatic rings. The predicted molar refractivity (Wildman–Crippen MR) is 120 cm³/mol. The number of hydroxylamine groups is 1. The monoisotopic (exact) mass is 490 g/mol. The first kappa shape index (κ1) is 22.8. The number of nitrogens with one attached hydrogen (secondary N) is 1. The van der Waals surface area contributed by atoms with E-state index in [4.69, 9.17) is 27.1 Å². The average Bonchev–Trinajstić information content (AvgIpc) is 3.13. The Morgan fingerprint density at radius 1 is 1.18 bits per heavy atom. The second-order valence-corrected chi connectivity index (χ2v) is 8.80. The highest BCUT2D eigenvalue weighted by Gasteiger charge is 2.55. The maximum atomic E-state index is 13.5. The third kappa shape index (κ3) is 4.04. The van der Waals surface area contributed by atoms with Gasteiger partial charge in [0.1, 0.15) is 6.10 Å². The van der Waals surface area contributed by atoms with Crippen molar-refractivity contribution in [3.8, 4) is 12.1 Å². The Bertz CT molecular complexity index is 1130. The molecule has 1 N–H and O–H groups in total. The number of nitrogens with zero attached hydrogens (tertiary/aromatic N) is 5. The summed E-state index contributed by atoms with van der Waals surface area (Å²) in [5, 5.41) is 13.7. The molecule has 0 amide bonds. The molecule has 1 saturated carbocycles. The lowest BCUT2D eigenvalue weighted by molar-refractivity contribution is -0.137. The van der Waals surface area contributed by atoms with Gasteiger partial charge in [0, 0.05) is 0 Å². The number of aromatic nitrogens is 2. The molecule has 5 rings (SSSR count). The molecule has 2 saturated heterocycles. The smallest absolute Gasteiger partial charge is 0.417 e. The van der Waals surface area contributed by atoms with Gasteiger partial charge in [-0.25, -0.2) is 14.8 Å². The molecule has 1 aromatic heterocycles. The van der Waals surface area contributed by atoms with Crippen LogP contribution < -0.4 is 20.0 Å². The number of alkyl halides is 3. The summed E-state index contributed by atoms with van der Waals surface area (Å²) in [6, 6.07) is 5.25. The van der Waals surface area contributed by atoms with Gasteiger partial charge in [-0.05, 0) is 75.6 Å². The van der Waals surface area contributed by atoms with E-state index in [1.165, 1.54) is 11.1 Å². The minimum absolute atomic E-state index is 0.0518. The van der Waals surface area contributed by atoms with Gasteiger partial charge in [0.05, 0.1) is 41.0 Å². The maximum absolute atomic E-state index is 13.5. The molecule has 1 aliphatic carbocycles. The standard InChI is InChI=1S/C22H21F3N6O2S/c23-22(24,25)18-10-15(3-2-14(18)11-26)31-20(34)30(21(33-31)6-1-7-21)16-12-28-19(29-13-16)32-17-4-8-27-9-5-17/h2-3,10,12-13,17,27H,1,4-9H2. The van der Waals surface area contributed by atoms with Crippen LogP contribution in [0.2, 0.25) is 0 Å². The summed E-state index contributed by atoms with van der Waals surface area (Å²) < 4.78 is 46.3. The van der Waals surface area contributed by atoms with E-state index in [2.05, 4.69) is 15.3 Å². The molecule has 12 heteroatoms. The fourth-order valence-corrected chi connectivity index (χ4v) is 4.77. The molecule has 178 valence electrons. The molecule has 8 nitrogen and oxygen atoms in total. The summed E-state index contributed by atoms with van der Waals surface area (Å²) in [6.07, 6.45) is 2.44. The van der Waals surface area contributed by atoms with Crippen molar-refractivity contribution in [2.45, 2.75) is 50.1 Å². The van der Waals surface area contributed by atoms with Crippen LogP contribution in [0.3, 0.4) is 0 Å². The van der Waals surface area contributed by atoms with Gasteiger partial charge in [0.2, 0.25) is 5.11 Å². The molecule has 0 radical (unpaired) electrons. The number of thiocarbonyl (C=S) groups is 1. The Morgan fingerprint density at radius 3 is 2.47 bits per heavy atom. The average molecular weight is 491 g/mol. The summed E-state index contributed by atoms with van der Waals surface area (Å²) in [7, 11) is 0. The van der Waals surface area contributed by atoms with Crippen LogP contribution in [-0.2, 0) is 11.0 Å². The highest BCUT2D eigenvalue weighted by atomic mass is 32.1. The number of anilines is 2. The zero-order valence-corrected chi connectivity index (χ0v) is 18.8. The number of benzene rings is 1. The van der Waals surface area contributed by atoms with E-state index >= 15 is 0 Å². The SMILES string of the molecule is N#Cc1ccc(N2OC3(CCC3)N(c3cnc(OC4CCNCC4)nc3)C2=S)cc1C(F)(F)F. The Hall–Kier alpha value is -3.01. The second-order valence-electron chi connectivity index (χ2n) is 8.43. The van der Waals surface area contributed by atoms with E-state index in [1.807, 2.05) is 0 Å². The highest BCUT2D eigenvalue weighted by molar-refractivity contribution is 7.80. The Labute approximate surface area is 199 Å². The first-order valence-electron chi connectivity index (χ1n) is 10.9. The number of rotatable bonds is 4. The van der Waals surface area contributed by atoms with Crippen LogP contribution in [0, 0.1) is 11.3 Å². The van der Waals surface area contributed by atoms with Gasteiger partial charge in [-0.1, -0.05) is 0 Å². The number of halogens is 3. The van der Waals surface area contributed by atoms with Gasteiger partial charge in [0.15, 0.2) is 5.72 Å².